The Hall–Kier alpha value is -0.0800. The molecule has 14 heavy (non-hydrogen) atoms. The van der Waals surface area contributed by atoms with E-state index in [9.17, 15) is 0 Å². The van der Waals surface area contributed by atoms with Crippen LogP contribution in [0.5, 0.6) is 0 Å². The maximum absolute atomic E-state index is 6.02. The predicted molar refractivity (Wildman–Crippen MR) is 60.2 cm³/mol. The fraction of sp³-hybridized carbons (Fsp3) is 1.00. The lowest BCUT2D eigenvalue weighted by Crippen LogP contribution is -2.66. The van der Waals surface area contributed by atoms with Gasteiger partial charge in [0.25, 0.3) is 0 Å². The van der Waals surface area contributed by atoms with Crippen LogP contribution in [0.2, 0.25) is 0 Å². The van der Waals surface area contributed by atoms with Gasteiger partial charge in [0.05, 0.1) is 0 Å². The summed E-state index contributed by atoms with van der Waals surface area (Å²) < 4.78 is 0. The molecule has 0 spiro atoms. The second-order valence-electron chi connectivity index (χ2n) is 5.82. The van der Waals surface area contributed by atoms with E-state index in [4.69, 9.17) is 5.73 Å². The van der Waals surface area contributed by atoms with Gasteiger partial charge in [0.1, 0.15) is 0 Å². The van der Waals surface area contributed by atoms with Gasteiger partial charge in [-0.15, -0.1) is 0 Å². The van der Waals surface area contributed by atoms with Gasteiger partial charge in [-0.05, 0) is 52.0 Å². The van der Waals surface area contributed by atoms with E-state index in [1.807, 2.05) is 0 Å². The molecule has 0 aromatic carbocycles. The summed E-state index contributed by atoms with van der Waals surface area (Å²) in [5.41, 5.74) is 6.75. The Labute approximate surface area is 87.8 Å². The monoisotopic (exact) mass is 196 g/mol. The molecule has 2 heteroatoms. The smallest absolute Gasteiger partial charge is 0.0362 e. The number of hydrogen-bond donors (Lipinski definition) is 1. The third-order valence-corrected chi connectivity index (χ3v) is 4.72. The van der Waals surface area contributed by atoms with E-state index in [0.29, 0.717) is 11.1 Å². The van der Waals surface area contributed by atoms with Gasteiger partial charge in [0, 0.05) is 17.6 Å². The molecule has 82 valence electrons. The van der Waals surface area contributed by atoms with Crippen molar-refractivity contribution in [2.75, 3.05) is 13.1 Å². The topological polar surface area (TPSA) is 29.3 Å². The molecule has 1 saturated heterocycles. The molecule has 2 unspecified atom stereocenters. The second-order valence-corrected chi connectivity index (χ2v) is 5.82. The van der Waals surface area contributed by atoms with Crippen molar-refractivity contribution in [3.05, 3.63) is 0 Å². The van der Waals surface area contributed by atoms with Crippen LogP contribution in [-0.2, 0) is 0 Å². The van der Waals surface area contributed by atoms with Crippen LogP contribution in [0.4, 0.5) is 0 Å². The molecule has 1 aliphatic carbocycles. The summed E-state index contributed by atoms with van der Waals surface area (Å²) in [5, 5.41) is 0. The Morgan fingerprint density at radius 3 is 2.36 bits per heavy atom. The Balaban J connectivity index is 2.20. The van der Waals surface area contributed by atoms with E-state index < -0.39 is 0 Å². The minimum Gasteiger partial charge on any atom is -0.329 e. The van der Waals surface area contributed by atoms with Crippen LogP contribution >= 0.6 is 0 Å². The van der Waals surface area contributed by atoms with Crippen LogP contribution in [0.25, 0.3) is 0 Å². The first-order valence-electron chi connectivity index (χ1n) is 6.01. The number of likely N-dealkylation sites (tertiary alicyclic amines) is 1. The normalized spacial score (nSPS) is 42.4. The third-order valence-electron chi connectivity index (χ3n) is 4.72. The third kappa shape index (κ3) is 1.24. The van der Waals surface area contributed by atoms with Gasteiger partial charge in [0.2, 0.25) is 0 Å². The van der Waals surface area contributed by atoms with Crippen molar-refractivity contribution < 1.29 is 0 Å². The van der Waals surface area contributed by atoms with Crippen LogP contribution in [0, 0.1) is 5.92 Å². The van der Waals surface area contributed by atoms with Crippen molar-refractivity contribution >= 4 is 0 Å². The number of nitrogens with zero attached hydrogens (tertiary/aromatic N) is 1. The average molecular weight is 196 g/mol. The highest BCUT2D eigenvalue weighted by Gasteiger charge is 2.53. The van der Waals surface area contributed by atoms with E-state index in [2.05, 4.69) is 25.7 Å². The van der Waals surface area contributed by atoms with Gasteiger partial charge >= 0.3 is 0 Å². The average Bonchev–Trinajstić information content (AvgIpc) is 2.46. The minimum absolute atomic E-state index is 0.347. The number of nitrogens with two attached hydrogens (primary N) is 1. The van der Waals surface area contributed by atoms with E-state index >= 15 is 0 Å². The molecule has 0 bridgehead atoms. The lowest BCUT2D eigenvalue weighted by Gasteiger charge is -2.57. The molecule has 2 nitrogen and oxygen atoms in total. The zero-order valence-corrected chi connectivity index (χ0v) is 9.84. The molecular weight excluding hydrogens is 172 g/mol. The van der Waals surface area contributed by atoms with E-state index in [1.54, 1.807) is 0 Å². The fourth-order valence-corrected chi connectivity index (χ4v) is 3.51. The van der Waals surface area contributed by atoms with Gasteiger partial charge in [-0.25, -0.2) is 0 Å². The van der Waals surface area contributed by atoms with Crippen LogP contribution in [0.3, 0.4) is 0 Å². The molecule has 0 aromatic heterocycles. The van der Waals surface area contributed by atoms with Gasteiger partial charge in [-0.2, -0.15) is 0 Å². The zero-order valence-electron chi connectivity index (χ0n) is 9.84. The molecule has 1 aliphatic heterocycles. The Morgan fingerprint density at radius 1 is 1.36 bits per heavy atom. The summed E-state index contributed by atoms with van der Waals surface area (Å²) in [6.07, 6.45) is 5.36. The van der Waals surface area contributed by atoms with Crippen molar-refractivity contribution in [2.24, 2.45) is 11.7 Å². The van der Waals surface area contributed by atoms with Crippen LogP contribution < -0.4 is 5.73 Å². The summed E-state index contributed by atoms with van der Waals surface area (Å²) in [6.45, 7) is 9.22. The van der Waals surface area contributed by atoms with E-state index in [-0.39, 0.29) is 0 Å². The summed E-state index contributed by atoms with van der Waals surface area (Å²) in [5.74, 6) is 0.796. The SMILES string of the molecule is CC1CCC1(CN)N1CCCC1(C)C. The maximum Gasteiger partial charge on any atom is 0.0362 e. The molecule has 2 rings (SSSR count). The summed E-state index contributed by atoms with van der Waals surface area (Å²) in [4.78, 5) is 2.70. The minimum atomic E-state index is 0.347. The highest BCUT2D eigenvalue weighted by molar-refractivity contribution is 5.09. The molecule has 0 aromatic rings. The molecule has 1 heterocycles. The first-order chi connectivity index (χ1) is 6.53. The standard InChI is InChI=1S/C12H24N2/c1-10-5-7-12(10,9-13)14-8-4-6-11(14,2)3/h10H,4-9,13H2,1-3H3. The van der Waals surface area contributed by atoms with Crippen molar-refractivity contribution in [2.45, 2.75) is 57.5 Å². The van der Waals surface area contributed by atoms with E-state index in [1.165, 1.54) is 32.2 Å². The van der Waals surface area contributed by atoms with Gasteiger partial charge < -0.3 is 5.73 Å². The molecule has 2 fully saturated rings. The first kappa shape index (κ1) is 10.4. The molecular formula is C12H24N2. The Bertz CT molecular complexity index is 220. The van der Waals surface area contributed by atoms with Crippen molar-refractivity contribution in [1.29, 1.82) is 0 Å². The second kappa shape index (κ2) is 3.21. The first-order valence-corrected chi connectivity index (χ1v) is 6.01. The predicted octanol–water partition coefficient (Wildman–Crippen LogP) is 1.99. The van der Waals surface area contributed by atoms with E-state index in [0.717, 1.165) is 12.5 Å². The largest absolute Gasteiger partial charge is 0.329 e. The summed E-state index contributed by atoms with van der Waals surface area (Å²) >= 11 is 0. The Morgan fingerprint density at radius 2 is 2.07 bits per heavy atom. The quantitative estimate of drug-likeness (QED) is 0.732. The maximum atomic E-state index is 6.02. The van der Waals surface area contributed by atoms with Gasteiger partial charge in [0.15, 0.2) is 0 Å². The van der Waals surface area contributed by atoms with Gasteiger partial charge in [-0.3, -0.25) is 4.90 Å². The zero-order chi connectivity index (χ0) is 10.4. The molecule has 1 saturated carbocycles. The molecule has 2 atom stereocenters. The number of hydrogen-bond acceptors (Lipinski definition) is 2. The Kier molecular flexibility index (Phi) is 2.39. The highest BCUT2D eigenvalue weighted by Crippen LogP contribution is 2.48. The van der Waals surface area contributed by atoms with Crippen molar-refractivity contribution in [3.63, 3.8) is 0 Å². The van der Waals surface area contributed by atoms with Gasteiger partial charge in [-0.1, -0.05) is 6.92 Å². The van der Waals surface area contributed by atoms with Crippen molar-refractivity contribution in [3.8, 4) is 0 Å². The fourth-order valence-electron chi connectivity index (χ4n) is 3.51. The lowest BCUT2D eigenvalue weighted by atomic mass is 9.65. The number of rotatable bonds is 2. The summed E-state index contributed by atoms with van der Waals surface area (Å²) in [7, 11) is 0. The van der Waals surface area contributed by atoms with Crippen LogP contribution in [0.15, 0.2) is 0 Å². The highest BCUT2D eigenvalue weighted by atomic mass is 15.3. The molecule has 0 radical (unpaired) electrons. The van der Waals surface area contributed by atoms with Crippen LogP contribution in [-0.4, -0.2) is 29.1 Å². The van der Waals surface area contributed by atoms with Crippen molar-refractivity contribution in [1.82, 2.24) is 4.90 Å². The molecule has 0 amide bonds. The lowest BCUT2D eigenvalue weighted by molar-refractivity contribution is -0.0641. The molecule has 2 aliphatic rings. The van der Waals surface area contributed by atoms with Crippen LogP contribution in [0.1, 0.15) is 46.5 Å². The summed E-state index contributed by atoms with van der Waals surface area (Å²) in [6, 6.07) is 0. The molecule has 2 N–H and O–H groups in total.